The van der Waals surface area contributed by atoms with Gasteiger partial charge in [-0.25, -0.2) is 0 Å². The maximum Gasteiger partial charge on any atom is 0.132 e. The van der Waals surface area contributed by atoms with E-state index in [1.165, 1.54) is 154 Å². The van der Waals surface area contributed by atoms with E-state index in [-0.39, 0.29) is 10.8 Å². The van der Waals surface area contributed by atoms with E-state index in [1.54, 1.807) is 0 Å². The van der Waals surface area contributed by atoms with Gasteiger partial charge in [0, 0.05) is 87.4 Å². The van der Waals surface area contributed by atoms with Gasteiger partial charge in [0.05, 0.1) is 44.3 Å². The minimum Gasteiger partial charge on any atom is -0.457 e. The number of hydrogen-bond acceptors (Lipinski definition) is 4. The van der Waals surface area contributed by atoms with Crippen molar-refractivity contribution in [3.63, 3.8) is 0 Å². The quantitative estimate of drug-likeness (QED) is 0.151. The maximum atomic E-state index is 6.96. The molecule has 6 heteroatoms. The fourth-order valence-corrected chi connectivity index (χ4v) is 23.6. The minimum absolute atomic E-state index is 0.0810. The average molecular weight is 1580 g/mol. The Morgan fingerprint density at radius 2 is 0.590 bits per heavy atom. The molecule has 5 nitrogen and oxygen atoms in total. The third-order valence-corrected chi connectivity index (χ3v) is 28.8. The molecule has 0 N–H and O–H groups in total. The summed E-state index contributed by atoms with van der Waals surface area (Å²) >= 11 is 1.90. The highest BCUT2D eigenvalue weighted by molar-refractivity contribution is 7.99. The van der Waals surface area contributed by atoms with Crippen molar-refractivity contribution in [3.05, 3.63) is 479 Å². The van der Waals surface area contributed by atoms with Gasteiger partial charge in [-0.05, 0) is 221 Å². The van der Waals surface area contributed by atoms with Crippen molar-refractivity contribution in [1.29, 1.82) is 0 Å². The number of rotatable bonds is 8. The molecule has 0 saturated carbocycles. The van der Waals surface area contributed by atoms with Crippen LogP contribution in [0.5, 0.6) is 11.5 Å². The molecule has 2 spiro atoms. The monoisotopic (exact) mass is 1580 g/mol. The highest BCUT2D eigenvalue weighted by Gasteiger charge is 2.52. The van der Waals surface area contributed by atoms with Gasteiger partial charge in [0.1, 0.15) is 11.5 Å². The van der Waals surface area contributed by atoms with Crippen LogP contribution in [-0.4, -0.2) is 9.13 Å². The fraction of sp³-hybridized carbons (Fsp3) is 0.0690. The highest BCUT2D eigenvalue weighted by atomic mass is 32.2. The van der Waals surface area contributed by atoms with Crippen molar-refractivity contribution >= 4 is 89.5 Å². The molecule has 2 aromatic heterocycles. The van der Waals surface area contributed by atoms with Gasteiger partial charge in [-0.15, -0.1) is 0 Å². The van der Waals surface area contributed by atoms with E-state index >= 15 is 0 Å². The smallest absolute Gasteiger partial charge is 0.132 e. The predicted octanol–water partition coefficient (Wildman–Crippen LogP) is 30.4. The van der Waals surface area contributed by atoms with Crippen LogP contribution in [0.3, 0.4) is 0 Å². The number of nitrogens with zero attached hydrogens (tertiary/aromatic N) is 4. The van der Waals surface area contributed by atoms with Crippen LogP contribution in [0.1, 0.15) is 94.5 Å². The average Bonchev–Trinajstić information content (AvgIpc) is 1.33. The molecule has 20 aromatic rings. The van der Waals surface area contributed by atoms with E-state index in [4.69, 9.17) is 4.74 Å². The van der Waals surface area contributed by atoms with Crippen LogP contribution in [0, 0.1) is 0 Å². The Morgan fingerprint density at radius 1 is 0.230 bits per heavy atom. The molecule has 0 fully saturated rings. The number of fused-ring (bicyclic) bond motifs is 28. The molecule has 0 amide bonds. The van der Waals surface area contributed by atoms with Gasteiger partial charge in [-0.3, -0.25) is 0 Å². The topological polar surface area (TPSA) is 25.6 Å². The molecule has 6 heterocycles. The molecule has 2 aliphatic carbocycles. The first kappa shape index (κ1) is 70.3. The lowest BCUT2D eigenvalue weighted by Crippen LogP contribution is -2.37. The Hall–Kier alpha value is -14.7. The molecule has 4 aliphatic heterocycles. The van der Waals surface area contributed by atoms with E-state index < -0.39 is 10.8 Å². The molecule has 0 saturated heterocycles. The number of aromatic nitrogens is 2. The lowest BCUT2D eigenvalue weighted by Gasteiger charge is -2.45. The van der Waals surface area contributed by atoms with Gasteiger partial charge in [0.2, 0.25) is 0 Å². The van der Waals surface area contributed by atoms with Crippen LogP contribution in [0.15, 0.2) is 422 Å². The van der Waals surface area contributed by atoms with Crippen LogP contribution in [0.2, 0.25) is 0 Å². The fourth-order valence-electron chi connectivity index (χ4n) is 22.3. The molecule has 2 unspecified atom stereocenters. The van der Waals surface area contributed by atoms with Gasteiger partial charge < -0.3 is 23.7 Å². The SMILES string of the molecule is CC1(C)c2ccccc2-c2ccc(N(c3ccccc3)c3ccc(-c4ccc5c(c4)Oc4ccccc4C54c5ccccc5-n5c6ccccc6c6cccc4c65)cc3)cc21.CC1(C)c2ccccc2-c2ccc(N(c3ccccc3)c3ccc(-c4ccc5c(c4)Sc4ccccc4C54c5ccccc5-n5c6ccccc6c6cccc4c65)cc3)cc21. The van der Waals surface area contributed by atoms with Gasteiger partial charge in [-0.2, -0.15) is 0 Å². The van der Waals surface area contributed by atoms with E-state index in [0.29, 0.717) is 0 Å². The lowest BCUT2D eigenvalue weighted by molar-refractivity contribution is 0.434. The van der Waals surface area contributed by atoms with Crippen molar-refractivity contribution in [1.82, 2.24) is 9.13 Å². The zero-order valence-electron chi connectivity index (χ0n) is 67.9. The third kappa shape index (κ3) is 9.84. The largest absolute Gasteiger partial charge is 0.457 e. The molecule has 0 radical (unpaired) electrons. The molecule has 6 aliphatic rings. The molecular weight excluding hydrogens is 1500 g/mol. The van der Waals surface area contributed by atoms with Gasteiger partial charge in [-0.1, -0.05) is 331 Å². The molecule has 2 atom stereocenters. The summed E-state index contributed by atoms with van der Waals surface area (Å²) in [6.45, 7) is 9.40. The first-order chi connectivity index (χ1) is 60.0. The van der Waals surface area contributed by atoms with E-state index in [1.807, 2.05) is 11.8 Å². The molecule has 18 aromatic carbocycles. The summed E-state index contributed by atoms with van der Waals surface area (Å²) in [5.41, 5.74) is 38.7. The molecule has 122 heavy (non-hydrogen) atoms. The zero-order chi connectivity index (χ0) is 80.9. The van der Waals surface area contributed by atoms with E-state index in [2.05, 4.69) is 459 Å². The second-order valence-corrected chi connectivity index (χ2v) is 35.6. The Balaban J connectivity index is 0.000000134. The second-order valence-electron chi connectivity index (χ2n) is 34.5. The van der Waals surface area contributed by atoms with Crippen LogP contribution in [0.25, 0.3) is 99.5 Å². The van der Waals surface area contributed by atoms with Crippen molar-refractivity contribution in [2.75, 3.05) is 9.80 Å². The Bertz CT molecular complexity index is 7320. The van der Waals surface area contributed by atoms with E-state index in [9.17, 15) is 0 Å². The molecular formula is C116H80N4OS. The normalized spacial score (nSPS) is 16.1. The molecule has 0 bridgehead atoms. The predicted molar refractivity (Wildman–Crippen MR) is 505 cm³/mol. The number of benzene rings is 18. The number of para-hydroxylation sites is 9. The van der Waals surface area contributed by atoms with Crippen molar-refractivity contribution in [3.8, 4) is 67.4 Å². The summed E-state index contributed by atoms with van der Waals surface area (Å²) in [6, 6.07) is 153. The summed E-state index contributed by atoms with van der Waals surface area (Å²) < 4.78 is 12.0. The molecule has 576 valence electrons. The number of ether oxygens (including phenoxy) is 1. The summed E-state index contributed by atoms with van der Waals surface area (Å²) in [6.07, 6.45) is 0. The standard InChI is InChI=1S/C58H40N2O.C58H40N2S/c2*1-57(2)46-20-8-6-17-42(46)43-33-32-41(36-51(43)57)59(39-15-4-3-5-16-39)40-30-27-37(28-31-40)38-29-34-49-55(35-38)61-54-26-13-10-22-48(54)58(49)47-21-9-12-25-53(47)60-52-24-11-7-18-44(52)45-19-14-23-50(58)56(45)60/h2*3-36H,1-2H3. The third-order valence-electron chi connectivity index (χ3n) is 27.7. The van der Waals surface area contributed by atoms with Crippen molar-refractivity contribution < 1.29 is 4.74 Å². The maximum absolute atomic E-state index is 6.96. The highest BCUT2D eigenvalue weighted by Crippen LogP contribution is 2.64. The first-order valence-corrected chi connectivity index (χ1v) is 43.3. The second kappa shape index (κ2) is 26.4. The Morgan fingerprint density at radius 3 is 1.12 bits per heavy atom. The Labute approximate surface area is 713 Å². The Kier molecular flexibility index (Phi) is 15.2. The van der Waals surface area contributed by atoms with Gasteiger partial charge >= 0.3 is 0 Å². The summed E-state index contributed by atoms with van der Waals surface area (Å²) in [4.78, 5) is 7.37. The zero-order valence-corrected chi connectivity index (χ0v) is 68.7. The minimum atomic E-state index is -0.588. The van der Waals surface area contributed by atoms with Crippen LogP contribution in [-0.2, 0) is 21.7 Å². The summed E-state index contributed by atoms with van der Waals surface area (Å²) in [5.74, 6) is 1.77. The van der Waals surface area contributed by atoms with Crippen molar-refractivity contribution in [2.24, 2.45) is 0 Å². The number of anilines is 6. The van der Waals surface area contributed by atoms with Crippen LogP contribution >= 0.6 is 11.8 Å². The van der Waals surface area contributed by atoms with Gasteiger partial charge in [0.15, 0.2) is 0 Å². The van der Waals surface area contributed by atoms with Crippen LogP contribution in [0.4, 0.5) is 34.1 Å². The lowest BCUT2D eigenvalue weighted by atomic mass is 9.61. The van der Waals surface area contributed by atoms with Crippen LogP contribution < -0.4 is 14.5 Å². The summed E-state index contributed by atoms with van der Waals surface area (Å²) in [5, 5.41) is 5.12. The van der Waals surface area contributed by atoms with Crippen molar-refractivity contribution in [2.45, 2.75) is 59.1 Å². The number of hydrogen-bond donors (Lipinski definition) is 0. The van der Waals surface area contributed by atoms with Gasteiger partial charge in [0.25, 0.3) is 0 Å². The first-order valence-electron chi connectivity index (χ1n) is 42.5. The van der Waals surface area contributed by atoms with E-state index in [0.717, 1.165) is 67.9 Å². The molecule has 26 rings (SSSR count). The summed E-state index contributed by atoms with van der Waals surface area (Å²) in [7, 11) is 0.